The van der Waals surface area contributed by atoms with Gasteiger partial charge in [-0.25, -0.2) is 0 Å². The van der Waals surface area contributed by atoms with Gasteiger partial charge in [0, 0.05) is 21.5 Å². The quantitative estimate of drug-likeness (QED) is 0.621. The van der Waals surface area contributed by atoms with Gasteiger partial charge in [-0.2, -0.15) is 0 Å². The average molecular weight is 171 g/mol. The van der Waals surface area contributed by atoms with Gasteiger partial charge >= 0.3 is 0 Å². The van der Waals surface area contributed by atoms with Crippen molar-refractivity contribution in [2.24, 2.45) is 0 Å². The van der Waals surface area contributed by atoms with E-state index in [1.54, 1.807) is 0 Å². The predicted molar refractivity (Wildman–Crippen MR) is 57.8 cm³/mol. The zero-order valence-electron chi connectivity index (χ0n) is 7.96. The highest BCUT2D eigenvalue weighted by Gasteiger charge is 1.95. The second-order valence-electron chi connectivity index (χ2n) is 3.08. The van der Waals surface area contributed by atoms with Gasteiger partial charge in [0.05, 0.1) is 0 Å². The average Bonchev–Trinajstić information content (AvgIpc) is 2.55. The van der Waals surface area contributed by atoms with Gasteiger partial charge in [-0.15, -0.1) is 0 Å². The molecule has 0 spiro atoms. The van der Waals surface area contributed by atoms with E-state index < -0.39 is 0 Å². The first-order valence-corrected chi connectivity index (χ1v) is 4.56. The number of fused-ring (bicyclic) bond motifs is 1. The highest BCUT2D eigenvalue weighted by Crippen LogP contribution is 2.03. The summed E-state index contributed by atoms with van der Waals surface area (Å²) in [5, 5.41) is 3.82. The van der Waals surface area contributed by atoms with Crippen molar-refractivity contribution in [3.05, 3.63) is 34.8 Å². The maximum absolute atomic E-state index is 3.38. The Morgan fingerprint density at radius 1 is 1.08 bits per heavy atom. The Bertz CT molecular complexity index is 532. The van der Waals surface area contributed by atoms with Crippen molar-refractivity contribution in [3.8, 4) is 0 Å². The molecule has 0 aliphatic rings. The summed E-state index contributed by atoms with van der Waals surface area (Å²) in [6, 6.07) is 8.38. The first kappa shape index (κ1) is 8.11. The van der Waals surface area contributed by atoms with Crippen LogP contribution in [0.2, 0.25) is 0 Å². The molecule has 0 unspecified atom stereocenters. The largest absolute Gasteiger partial charge is 0.355 e. The number of para-hydroxylation sites is 1. The summed E-state index contributed by atoms with van der Waals surface area (Å²) in [6.45, 7) is 4.13. The fourth-order valence-electron chi connectivity index (χ4n) is 1.72. The van der Waals surface area contributed by atoms with Crippen LogP contribution in [0.4, 0.5) is 0 Å². The first-order chi connectivity index (χ1) is 6.36. The van der Waals surface area contributed by atoms with E-state index in [-0.39, 0.29) is 0 Å². The molecular formula is C12H13N. The van der Waals surface area contributed by atoms with Crippen molar-refractivity contribution < 1.29 is 0 Å². The molecule has 1 heteroatoms. The standard InChI is InChI=1S/C12H13N/c1-3-9-10-7-5-6-8-12(10)13-11(9)4-2/h3-8,13H,1-2H3/b9-3-,11-4+. The van der Waals surface area contributed by atoms with Crippen molar-refractivity contribution in [1.82, 2.24) is 4.98 Å². The SMILES string of the molecule is C/C=c1\c(=C/C)[nH]c2ccccc12. The van der Waals surface area contributed by atoms with Crippen LogP contribution in [-0.4, -0.2) is 4.98 Å². The number of hydrogen-bond donors (Lipinski definition) is 1. The minimum atomic E-state index is 1.21. The highest BCUT2D eigenvalue weighted by atomic mass is 14.7. The number of nitrogens with one attached hydrogen (secondary N) is 1. The van der Waals surface area contributed by atoms with Crippen LogP contribution in [-0.2, 0) is 0 Å². The van der Waals surface area contributed by atoms with Crippen LogP contribution < -0.4 is 10.6 Å². The van der Waals surface area contributed by atoms with Gasteiger partial charge in [-0.1, -0.05) is 30.4 Å². The molecule has 66 valence electrons. The van der Waals surface area contributed by atoms with Crippen LogP contribution in [0, 0.1) is 0 Å². The Labute approximate surface area is 77.4 Å². The van der Waals surface area contributed by atoms with E-state index in [0.717, 1.165) is 0 Å². The summed E-state index contributed by atoms with van der Waals surface area (Å²) in [5.74, 6) is 0. The zero-order valence-corrected chi connectivity index (χ0v) is 7.96. The van der Waals surface area contributed by atoms with Crippen molar-refractivity contribution in [3.63, 3.8) is 0 Å². The molecule has 1 N–H and O–H groups in total. The third-order valence-corrected chi connectivity index (χ3v) is 2.35. The van der Waals surface area contributed by atoms with Gasteiger partial charge in [0.15, 0.2) is 0 Å². The summed E-state index contributed by atoms with van der Waals surface area (Å²) < 4.78 is 0. The van der Waals surface area contributed by atoms with Crippen LogP contribution in [0.1, 0.15) is 13.8 Å². The Kier molecular flexibility index (Phi) is 1.93. The van der Waals surface area contributed by atoms with Gasteiger partial charge in [-0.05, 0) is 19.9 Å². The Hall–Kier alpha value is -1.50. The van der Waals surface area contributed by atoms with E-state index in [1.807, 2.05) is 0 Å². The molecular weight excluding hydrogens is 158 g/mol. The molecule has 0 saturated heterocycles. The van der Waals surface area contributed by atoms with E-state index in [0.29, 0.717) is 0 Å². The van der Waals surface area contributed by atoms with Crippen LogP contribution in [0.5, 0.6) is 0 Å². The molecule has 0 radical (unpaired) electrons. The van der Waals surface area contributed by atoms with Crippen molar-refractivity contribution in [2.45, 2.75) is 13.8 Å². The number of H-pyrrole nitrogens is 1. The minimum absolute atomic E-state index is 1.21. The maximum atomic E-state index is 3.38. The lowest BCUT2D eigenvalue weighted by atomic mass is 10.2. The molecule has 1 aromatic carbocycles. The van der Waals surface area contributed by atoms with E-state index in [1.165, 1.54) is 21.5 Å². The van der Waals surface area contributed by atoms with Gasteiger partial charge in [0.2, 0.25) is 0 Å². The molecule has 2 rings (SSSR count). The van der Waals surface area contributed by atoms with Crippen LogP contribution in [0.25, 0.3) is 23.1 Å². The Morgan fingerprint density at radius 2 is 1.85 bits per heavy atom. The van der Waals surface area contributed by atoms with E-state index in [2.05, 4.69) is 55.2 Å². The van der Waals surface area contributed by atoms with Crippen LogP contribution in [0.3, 0.4) is 0 Å². The molecule has 0 saturated carbocycles. The lowest BCUT2D eigenvalue weighted by molar-refractivity contribution is 1.35. The molecule has 13 heavy (non-hydrogen) atoms. The molecule has 0 atom stereocenters. The van der Waals surface area contributed by atoms with Crippen LogP contribution >= 0.6 is 0 Å². The molecule has 0 bridgehead atoms. The monoisotopic (exact) mass is 171 g/mol. The van der Waals surface area contributed by atoms with Crippen molar-refractivity contribution >= 4 is 23.1 Å². The van der Waals surface area contributed by atoms with Gasteiger partial charge in [-0.3, -0.25) is 0 Å². The molecule has 1 heterocycles. The fourth-order valence-corrected chi connectivity index (χ4v) is 1.72. The number of hydrogen-bond acceptors (Lipinski definition) is 0. The highest BCUT2D eigenvalue weighted by molar-refractivity contribution is 5.80. The number of aromatic nitrogens is 1. The normalized spacial score (nSPS) is 14.3. The Morgan fingerprint density at radius 3 is 2.54 bits per heavy atom. The molecule has 1 aromatic heterocycles. The van der Waals surface area contributed by atoms with Crippen molar-refractivity contribution in [1.29, 1.82) is 0 Å². The van der Waals surface area contributed by atoms with E-state index in [4.69, 9.17) is 0 Å². The fraction of sp³-hybridized carbons (Fsp3) is 0.167. The van der Waals surface area contributed by atoms with Crippen LogP contribution in [0.15, 0.2) is 24.3 Å². The topological polar surface area (TPSA) is 15.8 Å². The second kappa shape index (κ2) is 3.09. The molecule has 0 aliphatic carbocycles. The minimum Gasteiger partial charge on any atom is -0.355 e. The smallest absolute Gasteiger partial charge is 0.0464 e. The Balaban J connectivity index is 3.08. The summed E-state index contributed by atoms with van der Waals surface area (Å²) in [5.41, 5.74) is 1.21. The number of rotatable bonds is 0. The zero-order chi connectivity index (χ0) is 9.26. The molecule has 1 nitrogen and oxygen atoms in total. The molecule has 0 amide bonds. The number of benzene rings is 1. The summed E-state index contributed by atoms with van der Waals surface area (Å²) in [4.78, 5) is 3.38. The van der Waals surface area contributed by atoms with E-state index in [9.17, 15) is 0 Å². The third kappa shape index (κ3) is 1.17. The van der Waals surface area contributed by atoms with Gasteiger partial charge in [0.1, 0.15) is 0 Å². The summed E-state index contributed by atoms with van der Waals surface area (Å²) in [7, 11) is 0. The first-order valence-electron chi connectivity index (χ1n) is 4.56. The lowest BCUT2D eigenvalue weighted by Crippen LogP contribution is -2.21. The lowest BCUT2D eigenvalue weighted by Gasteiger charge is -1.85. The molecule has 0 fully saturated rings. The predicted octanol–water partition coefficient (Wildman–Crippen LogP) is 1.77. The van der Waals surface area contributed by atoms with Gasteiger partial charge in [0.25, 0.3) is 0 Å². The summed E-state index contributed by atoms with van der Waals surface area (Å²) in [6.07, 6.45) is 4.25. The van der Waals surface area contributed by atoms with E-state index >= 15 is 0 Å². The van der Waals surface area contributed by atoms with Crippen molar-refractivity contribution in [2.75, 3.05) is 0 Å². The molecule has 2 aromatic rings. The summed E-state index contributed by atoms with van der Waals surface area (Å²) >= 11 is 0. The maximum Gasteiger partial charge on any atom is 0.0464 e. The second-order valence-corrected chi connectivity index (χ2v) is 3.08. The number of aromatic amines is 1. The molecule has 0 aliphatic heterocycles. The third-order valence-electron chi connectivity index (χ3n) is 2.35. The van der Waals surface area contributed by atoms with Gasteiger partial charge < -0.3 is 4.98 Å².